The molecular weight excluding hydrogens is 278 g/mol. The van der Waals surface area contributed by atoms with Crippen LogP contribution in [-0.4, -0.2) is 56.6 Å². The van der Waals surface area contributed by atoms with Gasteiger partial charge in [-0.1, -0.05) is 13.8 Å². The van der Waals surface area contributed by atoms with E-state index in [2.05, 4.69) is 10.6 Å². The highest BCUT2D eigenvalue weighted by Crippen LogP contribution is 2.22. The Morgan fingerprint density at radius 2 is 2.10 bits per heavy atom. The quantitative estimate of drug-likeness (QED) is 0.633. The number of nitrogens with zero attached hydrogens (tertiary/aromatic N) is 1. The third-order valence-corrected chi connectivity index (χ3v) is 5.35. The van der Waals surface area contributed by atoms with Crippen LogP contribution in [0.4, 0.5) is 0 Å². The first-order valence-electron chi connectivity index (χ1n) is 7.34. The molecular formula is C13H27N3O3S. The van der Waals surface area contributed by atoms with Crippen LogP contribution in [0.3, 0.4) is 0 Å². The number of hydrogen-bond acceptors (Lipinski definition) is 4. The second kappa shape index (κ2) is 7.38. The maximum absolute atomic E-state index is 12.2. The molecule has 1 aliphatic heterocycles. The minimum Gasteiger partial charge on any atom is -0.354 e. The second-order valence-corrected chi connectivity index (χ2v) is 7.31. The third-order valence-electron chi connectivity index (χ3n) is 3.97. The van der Waals surface area contributed by atoms with E-state index in [-0.39, 0.29) is 5.91 Å². The second-order valence-electron chi connectivity index (χ2n) is 5.33. The standard InChI is InChI=1S/C13H27N3O3S/c1-4-13(8-6-10-15-13)12(17)14-9-7-11-16(5-2)20(3,18)19/h15H,4-11H2,1-3H3,(H,14,17). The van der Waals surface area contributed by atoms with Crippen LogP contribution in [0, 0.1) is 0 Å². The Morgan fingerprint density at radius 1 is 1.40 bits per heavy atom. The Bertz CT molecular complexity index is 417. The Labute approximate surface area is 122 Å². The zero-order chi connectivity index (χ0) is 15.2. The number of sulfonamides is 1. The Hall–Kier alpha value is -0.660. The van der Waals surface area contributed by atoms with Crippen molar-refractivity contribution in [2.75, 3.05) is 32.4 Å². The molecule has 1 saturated heterocycles. The predicted octanol–water partition coefficient (Wildman–Crippen LogP) is 0.306. The van der Waals surface area contributed by atoms with Crippen LogP contribution in [0.1, 0.15) is 39.5 Å². The zero-order valence-electron chi connectivity index (χ0n) is 12.7. The lowest BCUT2D eigenvalue weighted by Gasteiger charge is -2.27. The molecule has 0 aromatic carbocycles. The van der Waals surface area contributed by atoms with E-state index in [0.29, 0.717) is 26.1 Å². The zero-order valence-corrected chi connectivity index (χ0v) is 13.6. The van der Waals surface area contributed by atoms with Crippen LogP contribution in [0.15, 0.2) is 0 Å². The fraction of sp³-hybridized carbons (Fsp3) is 0.923. The maximum atomic E-state index is 12.2. The topological polar surface area (TPSA) is 78.5 Å². The van der Waals surface area contributed by atoms with Crippen molar-refractivity contribution in [3.05, 3.63) is 0 Å². The molecule has 0 spiro atoms. The number of carbonyl (C=O) groups excluding carboxylic acids is 1. The number of rotatable bonds is 8. The smallest absolute Gasteiger partial charge is 0.240 e. The van der Waals surface area contributed by atoms with Gasteiger partial charge in [0.05, 0.1) is 11.8 Å². The van der Waals surface area contributed by atoms with Gasteiger partial charge in [0.25, 0.3) is 0 Å². The SMILES string of the molecule is CCN(CCCNC(=O)C1(CC)CCCN1)S(C)(=O)=O. The van der Waals surface area contributed by atoms with Crippen LogP contribution in [0.2, 0.25) is 0 Å². The summed E-state index contributed by atoms with van der Waals surface area (Å²) in [6, 6.07) is 0. The predicted molar refractivity (Wildman–Crippen MR) is 80.0 cm³/mol. The minimum absolute atomic E-state index is 0.0416. The summed E-state index contributed by atoms with van der Waals surface area (Å²) in [5.74, 6) is 0.0416. The first-order valence-corrected chi connectivity index (χ1v) is 9.19. The van der Waals surface area contributed by atoms with Crippen molar-refractivity contribution in [1.29, 1.82) is 0 Å². The molecule has 1 aliphatic rings. The molecule has 0 aliphatic carbocycles. The summed E-state index contributed by atoms with van der Waals surface area (Å²) in [6.45, 7) is 6.14. The van der Waals surface area contributed by atoms with Crippen molar-refractivity contribution in [2.24, 2.45) is 0 Å². The molecule has 0 aromatic heterocycles. The van der Waals surface area contributed by atoms with Crippen molar-refractivity contribution in [3.63, 3.8) is 0 Å². The van der Waals surface area contributed by atoms with Gasteiger partial charge in [-0.25, -0.2) is 12.7 Å². The van der Waals surface area contributed by atoms with Crippen molar-refractivity contribution >= 4 is 15.9 Å². The van der Waals surface area contributed by atoms with Gasteiger partial charge in [0.2, 0.25) is 15.9 Å². The van der Waals surface area contributed by atoms with Gasteiger partial charge in [-0.15, -0.1) is 0 Å². The van der Waals surface area contributed by atoms with Gasteiger partial charge in [0.15, 0.2) is 0 Å². The molecule has 118 valence electrons. The molecule has 1 rings (SSSR count). The van der Waals surface area contributed by atoms with E-state index in [1.165, 1.54) is 10.6 Å². The molecule has 7 heteroatoms. The van der Waals surface area contributed by atoms with E-state index < -0.39 is 15.6 Å². The van der Waals surface area contributed by atoms with E-state index in [0.717, 1.165) is 25.8 Å². The average Bonchev–Trinajstić information content (AvgIpc) is 2.87. The van der Waals surface area contributed by atoms with Gasteiger partial charge in [-0.2, -0.15) is 0 Å². The van der Waals surface area contributed by atoms with E-state index in [1.54, 1.807) is 0 Å². The first-order chi connectivity index (χ1) is 9.35. The van der Waals surface area contributed by atoms with Gasteiger partial charge < -0.3 is 10.6 Å². The molecule has 0 aromatic rings. The highest BCUT2D eigenvalue weighted by Gasteiger charge is 2.38. The average molecular weight is 305 g/mol. The normalized spacial score (nSPS) is 23.2. The Morgan fingerprint density at radius 3 is 2.55 bits per heavy atom. The molecule has 20 heavy (non-hydrogen) atoms. The highest BCUT2D eigenvalue weighted by molar-refractivity contribution is 7.88. The van der Waals surface area contributed by atoms with E-state index in [9.17, 15) is 13.2 Å². The molecule has 1 heterocycles. The molecule has 2 N–H and O–H groups in total. The summed E-state index contributed by atoms with van der Waals surface area (Å²) in [4.78, 5) is 12.2. The summed E-state index contributed by atoms with van der Waals surface area (Å²) in [7, 11) is -3.14. The summed E-state index contributed by atoms with van der Waals surface area (Å²) in [6.07, 6.45) is 4.53. The number of amides is 1. The van der Waals surface area contributed by atoms with Gasteiger partial charge >= 0.3 is 0 Å². The van der Waals surface area contributed by atoms with Crippen molar-refractivity contribution < 1.29 is 13.2 Å². The first kappa shape index (κ1) is 17.4. The van der Waals surface area contributed by atoms with Crippen LogP contribution >= 0.6 is 0 Å². The van der Waals surface area contributed by atoms with Crippen LogP contribution in [0.25, 0.3) is 0 Å². The van der Waals surface area contributed by atoms with Gasteiger partial charge in [0.1, 0.15) is 0 Å². The molecule has 1 atom stereocenters. The lowest BCUT2D eigenvalue weighted by Crippen LogP contribution is -2.53. The Kier molecular flexibility index (Phi) is 6.42. The monoisotopic (exact) mass is 305 g/mol. The van der Waals surface area contributed by atoms with Crippen molar-refractivity contribution in [3.8, 4) is 0 Å². The highest BCUT2D eigenvalue weighted by atomic mass is 32.2. The molecule has 0 bridgehead atoms. The van der Waals surface area contributed by atoms with Crippen LogP contribution in [-0.2, 0) is 14.8 Å². The largest absolute Gasteiger partial charge is 0.354 e. The summed E-state index contributed by atoms with van der Waals surface area (Å²) < 4.78 is 24.3. The lowest BCUT2D eigenvalue weighted by atomic mass is 9.93. The molecule has 1 amide bonds. The number of carbonyl (C=O) groups is 1. The van der Waals surface area contributed by atoms with Crippen molar-refractivity contribution in [1.82, 2.24) is 14.9 Å². The molecule has 1 fully saturated rings. The third kappa shape index (κ3) is 4.43. The van der Waals surface area contributed by atoms with Crippen LogP contribution in [0.5, 0.6) is 0 Å². The summed E-state index contributed by atoms with van der Waals surface area (Å²) >= 11 is 0. The van der Waals surface area contributed by atoms with Crippen LogP contribution < -0.4 is 10.6 Å². The Balaban J connectivity index is 2.35. The van der Waals surface area contributed by atoms with Gasteiger partial charge in [-0.05, 0) is 32.2 Å². The lowest BCUT2D eigenvalue weighted by molar-refractivity contribution is -0.127. The fourth-order valence-electron chi connectivity index (χ4n) is 2.65. The van der Waals surface area contributed by atoms with Gasteiger partial charge in [-0.3, -0.25) is 4.79 Å². The molecule has 6 nitrogen and oxygen atoms in total. The summed E-state index contributed by atoms with van der Waals surface area (Å²) in [5, 5.41) is 6.21. The fourth-order valence-corrected chi connectivity index (χ4v) is 3.58. The van der Waals surface area contributed by atoms with Crippen molar-refractivity contribution in [2.45, 2.75) is 45.1 Å². The molecule has 0 radical (unpaired) electrons. The van der Waals surface area contributed by atoms with E-state index in [1.807, 2.05) is 13.8 Å². The molecule has 1 unspecified atom stereocenters. The summed E-state index contributed by atoms with van der Waals surface area (Å²) in [5.41, 5.74) is -0.415. The van der Waals surface area contributed by atoms with Gasteiger partial charge in [0, 0.05) is 19.6 Å². The number of nitrogens with one attached hydrogen (secondary N) is 2. The van der Waals surface area contributed by atoms with E-state index in [4.69, 9.17) is 0 Å². The van der Waals surface area contributed by atoms with E-state index >= 15 is 0 Å². The number of hydrogen-bond donors (Lipinski definition) is 2. The molecule has 0 saturated carbocycles. The minimum atomic E-state index is -3.14. The maximum Gasteiger partial charge on any atom is 0.240 e.